The lowest BCUT2D eigenvalue weighted by molar-refractivity contribution is 0.411. The molecule has 2 aromatic heterocycles. The lowest BCUT2D eigenvalue weighted by atomic mass is 10.1. The maximum atomic E-state index is 12.9. The summed E-state index contributed by atoms with van der Waals surface area (Å²) in [4.78, 5) is 12.8. The molecule has 4 rings (SSSR count). The summed E-state index contributed by atoms with van der Waals surface area (Å²) < 4.78 is 33.8. The molecule has 4 aromatic rings. The third kappa shape index (κ3) is 5.41. The quantitative estimate of drug-likeness (QED) is 0.332. The summed E-state index contributed by atoms with van der Waals surface area (Å²) in [6.45, 7) is 3.55. The summed E-state index contributed by atoms with van der Waals surface area (Å²) in [7, 11) is -2.20. The predicted molar refractivity (Wildman–Crippen MR) is 133 cm³/mol. The van der Waals surface area contributed by atoms with Gasteiger partial charge in [0, 0.05) is 23.6 Å². The van der Waals surface area contributed by atoms with Crippen LogP contribution in [0.2, 0.25) is 0 Å². The highest BCUT2D eigenvalue weighted by Crippen LogP contribution is 2.27. The summed E-state index contributed by atoms with van der Waals surface area (Å²) in [6, 6.07) is 17.5. The number of pyridine rings is 1. The molecule has 0 spiro atoms. The second-order valence-corrected chi connectivity index (χ2v) is 9.17. The van der Waals surface area contributed by atoms with Gasteiger partial charge in [0.25, 0.3) is 10.0 Å². The highest BCUT2D eigenvalue weighted by atomic mass is 32.2. The summed E-state index contributed by atoms with van der Waals surface area (Å²) in [5.74, 6) is 2.48. The van der Waals surface area contributed by atoms with Gasteiger partial charge in [0.1, 0.15) is 29.5 Å². The van der Waals surface area contributed by atoms with Gasteiger partial charge in [-0.15, -0.1) is 0 Å². The molecular formula is C24H24N6O3S. The second-order valence-electron chi connectivity index (χ2n) is 7.52. The lowest BCUT2D eigenvalue weighted by Crippen LogP contribution is -2.14. The van der Waals surface area contributed by atoms with Crippen molar-refractivity contribution < 1.29 is 13.2 Å². The fourth-order valence-corrected chi connectivity index (χ4v) is 4.69. The van der Waals surface area contributed by atoms with Crippen molar-refractivity contribution in [2.24, 2.45) is 0 Å². The molecule has 0 fully saturated rings. The lowest BCUT2D eigenvalue weighted by Gasteiger charge is -2.14. The molecule has 0 saturated carbocycles. The topological polar surface area (TPSA) is 118 Å². The maximum absolute atomic E-state index is 12.9. The molecule has 9 nitrogen and oxygen atoms in total. The first-order chi connectivity index (χ1) is 16.3. The van der Waals surface area contributed by atoms with E-state index in [0.29, 0.717) is 34.5 Å². The smallest absolute Gasteiger partial charge is 0.262 e. The van der Waals surface area contributed by atoms with E-state index in [4.69, 9.17) is 4.74 Å². The molecule has 0 amide bonds. The van der Waals surface area contributed by atoms with Gasteiger partial charge in [-0.05, 0) is 73.5 Å². The zero-order valence-corrected chi connectivity index (χ0v) is 19.7. The SMILES string of the molecule is COc1cc(C)c(S(=O)(=O)Nc2ccc(Nc3cc(Nc4ccccn4)ncn3)cc2)cc1C. The Balaban J connectivity index is 1.46. The minimum atomic E-state index is -3.76. The van der Waals surface area contributed by atoms with Crippen molar-refractivity contribution in [1.29, 1.82) is 0 Å². The van der Waals surface area contributed by atoms with E-state index < -0.39 is 10.0 Å². The van der Waals surface area contributed by atoms with Gasteiger partial charge >= 0.3 is 0 Å². The number of sulfonamides is 1. The summed E-state index contributed by atoms with van der Waals surface area (Å²) in [5, 5.41) is 6.29. The first-order valence-corrected chi connectivity index (χ1v) is 11.9. The number of rotatable bonds is 8. The number of benzene rings is 2. The number of nitrogens with one attached hydrogen (secondary N) is 3. The number of nitrogens with zero attached hydrogens (tertiary/aromatic N) is 3. The minimum Gasteiger partial charge on any atom is -0.496 e. The standard InChI is InChI=1S/C24H24N6O3S/c1-16-13-21(17(2)12-20(16)33-3)34(31,32)30-19-9-7-18(8-10-19)28-23-14-24(27-15-26-23)29-22-6-4-5-11-25-22/h4-15,30H,1-3H3,(H2,25,26,27,28,29). The molecule has 2 aromatic carbocycles. The van der Waals surface area contributed by atoms with Gasteiger partial charge in [0.15, 0.2) is 0 Å². The molecule has 0 bridgehead atoms. The van der Waals surface area contributed by atoms with E-state index in [1.807, 2.05) is 25.1 Å². The van der Waals surface area contributed by atoms with Crippen molar-refractivity contribution in [1.82, 2.24) is 15.0 Å². The molecule has 174 valence electrons. The van der Waals surface area contributed by atoms with Gasteiger partial charge in [-0.1, -0.05) is 6.07 Å². The number of hydrogen-bond donors (Lipinski definition) is 3. The zero-order chi connectivity index (χ0) is 24.1. The first-order valence-electron chi connectivity index (χ1n) is 10.4. The Hall–Kier alpha value is -4.18. The molecule has 0 aliphatic carbocycles. The van der Waals surface area contributed by atoms with Crippen LogP contribution in [0.4, 0.5) is 28.8 Å². The van der Waals surface area contributed by atoms with E-state index in [-0.39, 0.29) is 4.90 Å². The Morgan fingerprint density at radius 2 is 1.47 bits per heavy atom. The molecule has 0 saturated heterocycles. The first kappa shape index (κ1) is 23.0. The van der Waals surface area contributed by atoms with E-state index in [9.17, 15) is 8.42 Å². The van der Waals surface area contributed by atoms with Gasteiger partial charge in [0.2, 0.25) is 0 Å². The van der Waals surface area contributed by atoms with Crippen LogP contribution in [-0.2, 0) is 10.0 Å². The van der Waals surface area contributed by atoms with Crippen LogP contribution >= 0.6 is 0 Å². The van der Waals surface area contributed by atoms with Crippen molar-refractivity contribution >= 4 is 38.9 Å². The van der Waals surface area contributed by atoms with Gasteiger partial charge in [-0.2, -0.15) is 0 Å². The highest BCUT2D eigenvalue weighted by molar-refractivity contribution is 7.92. The minimum absolute atomic E-state index is 0.210. The molecule has 2 heterocycles. The predicted octanol–water partition coefficient (Wildman–Crippen LogP) is 4.79. The van der Waals surface area contributed by atoms with Gasteiger partial charge < -0.3 is 15.4 Å². The molecule has 10 heteroatoms. The molecular weight excluding hydrogens is 452 g/mol. The Kier molecular flexibility index (Phi) is 6.60. The van der Waals surface area contributed by atoms with Crippen LogP contribution in [0.1, 0.15) is 11.1 Å². The molecule has 0 aliphatic heterocycles. The zero-order valence-electron chi connectivity index (χ0n) is 18.9. The maximum Gasteiger partial charge on any atom is 0.262 e. The fraction of sp³-hybridized carbons (Fsp3) is 0.125. The van der Waals surface area contributed by atoms with Crippen molar-refractivity contribution in [3.63, 3.8) is 0 Å². The normalized spacial score (nSPS) is 11.0. The number of aromatic nitrogens is 3. The average Bonchev–Trinajstić information content (AvgIpc) is 2.82. The molecule has 34 heavy (non-hydrogen) atoms. The number of hydrogen-bond acceptors (Lipinski definition) is 8. The Labute approximate surface area is 198 Å². The largest absolute Gasteiger partial charge is 0.496 e. The van der Waals surface area contributed by atoms with Crippen LogP contribution < -0.4 is 20.1 Å². The third-order valence-corrected chi connectivity index (χ3v) is 6.50. The molecule has 3 N–H and O–H groups in total. The van der Waals surface area contributed by atoms with Crippen LogP contribution in [-0.4, -0.2) is 30.5 Å². The van der Waals surface area contributed by atoms with E-state index in [1.54, 1.807) is 62.7 Å². The number of methoxy groups -OCH3 is 1. The summed E-state index contributed by atoms with van der Waals surface area (Å²) >= 11 is 0. The van der Waals surface area contributed by atoms with E-state index >= 15 is 0 Å². The summed E-state index contributed by atoms with van der Waals surface area (Å²) in [5.41, 5.74) is 2.53. The number of anilines is 5. The van der Waals surface area contributed by atoms with Crippen LogP contribution in [0.5, 0.6) is 5.75 Å². The second kappa shape index (κ2) is 9.75. The van der Waals surface area contributed by atoms with Crippen LogP contribution in [0.15, 0.2) is 78.1 Å². The summed E-state index contributed by atoms with van der Waals surface area (Å²) in [6.07, 6.45) is 3.13. The number of aryl methyl sites for hydroxylation is 2. The number of ether oxygens (including phenoxy) is 1. The molecule has 0 atom stereocenters. The van der Waals surface area contributed by atoms with Crippen LogP contribution in [0, 0.1) is 13.8 Å². The van der Waals surface area contributed by atoms with Crippen molar-refractivity contribution in [3.8, 4) is 5.75 Å². The van der Waals surface area contributed by atoms with Crippen molar-refractivity contribution in [2.45, 2.75) is 18.7 Å². The fourth-order valence-electron chi connectivity index (χ4n) is 3.31. The average molecular weight is 477 g/mol. The van der Waals surface area contributed by atoms with E-state index in [1.165, 1.54) is 6.33 Å². The van der Waals surface area contributed by atoms with Gasteiger partial charge in [0.05, 0.1) is 12.0 Å². The Bertz CT molecular complexity index is 1390. The Morgan fingerprint density at radius 3 is 2.15 bits per heavy atom. The van der Waals surface area contributed by atoms with Crippen LogP contribution in [0.25, 0.3) is 0 Å². The highest BCUT2D eigenvalue weighted by Gasteiger charge is 2.19. The van der Waals surface area contributed by atoms with Crippen LogP contribution in [0.3, 0.4) is 0 Å². The monoisotopic (exact) mass is 476 g/mol. The Morgan fingerprint density at radius 1 is 0.765 bits per heavy atom. The van der Waals surface area contributed by atoms with Gasteiger partial charge in [-0.3, -0.25) is 4.72 Å². The van der Waals surface area contributed by atoms with Crippen molar-refractivity contribution in [3.05, 3.63) is 84.3 Å². The van der Waals surface area contributed by atoms with Gasteiger partial charge in [-0.25, -0.2) is 23.4 Å². The molecule has 0 unspecified atom stereocenters. The third-order valence-electron chi connectivity index (χ3n) is 4.98. The molecule has 0 aliphatic rings. The molecule has 0 radical (unpaired) electrons. The van der Waals surface area contributed by atoms with E-state index in [2.05, 4.69) is 30.3 Å². The van der Waals surface area contributed by atoms with Crippen molar-refractivity contribution in [2.75, 3.05) is 22.5 Å². The van der Waals surface area contributed by atoms with E-state index in [0.717, 1.165) is 11.3 Å².